The molecule has 0 aliphatic heterocycles. The van der Waals surface area contributed by atoms with E-state index < -0.39 is 0 Å². The Morgan fingerprint density at radius 3 is 3.14 bits per heavy atom. The molecule has 2 N–H and O–H groups in total. The first-order chi connectivity index (χ1) is 10.1. The van der Waals surface area contributed by atoms with Gasteiger partial charge in [0, 0.05) is 28.8 Å². The molecule has 0 bridgehead atoms. The number of aromatic nitrogens is 2. The van der Waals surface area contributed by atoms with Crippen LogP contribution in [0.15, 0.2) is 17.5 Å². The number of rotatable bonds is 4. The molecular formula is C16H21N3OS. The highest BCUT2D eigenvalue weighted by Gasteiger charge is 2.27. The molecule has 0 spiro atoms. The quantitative estimate of drug-likeness (QED) is 0.912. The van der Waals surface area contributed by atoms with Crippen LogP contribution in [0.4, 0.5) is 0 Å². The van der Waals surface area contributed by atoms with Crippen molar-refractivity contribution in [2.75, 3.05) is 0 Å². The molecule has 0 saturated heterocycles. The second-order valence-electron chi connectivity index (χ2n) is 5.94. The fourth-order valence-corrected chi connectivity index (χ4v) is 3.38. The summed E-state index contributed by atoms with van der Waals surface area (Å²) in [6.45, 7) is 4.91. The third-order valence-corrected chi connectivity index (χ3v) is 4.87. The molecule has 1 atom stereocenters. The zero-order valence-corrected chi connectivity index (χ0v) is 13.3. The second-order valence-corrected chi connectivity index (χ2v) is 6.97. The number of carbonyl (C=O) groups is 1. The van der Waals surface area contributed by atoms with Crippen LogP contribution in [-0.4, -0.2) is 15.9 Å². The molecular weight excluding hydrogens is 282 g/mol. The minimum absolute atomic E-state index is 0.0675. The summed E-state index contributed by atoms with van der Waals surface area (Å²) in [5.74, 6) is 1.68. The van der Waals surface area contributed by atoms with Gasteiger partial charge in [0.25, 0.3) is 0 Å². The fourth-order valence-electron chi connectivity index (χ4n) is 2.73. The van der Waals surface area contributed by atoms with Gasteiger partial charge in [-0.25, -0.2) is 4.98 Å². The standard InChI is InChI=1S/C16H21N3OS/c1-10(2)15-18-13-6-5-11(8-14(13)19-15)16(20)17-9-12-4-3-7-21-12/h3-4,7,10-11H,5-6,8-9H2,1-2H3,(H,17,20)(H,18,19)/t11-/m0/s1. The molecule has 1 aliphatic rings. The minimum Gasteiger partial charge on any atom is -0.351 e. The van der Waals surface area contributed by atoms with Crippen LogP contribution in [0.3, 0.4) is 0 Å². The lowest BCUT2D eigenvalue weighted by molar-refractivity contribution is -0.125. The fraction of sp³-hybridized carbons (Fsp3) is 0.500. The van der Waals surface area contributed by atoms with Crippen molar-refractivity contribution < 1.29 is 4.79 Å². The number of hydrogen-bond donors (Lipinski definition) is 2. The maximum Gasteiger partial charge on any atom is 0.223 e. The highest BCUT2D eigenvalue weighted by Crippen LogP contribution is 2.26. The van der Waals surface area contributed by atoms with Gasteiger partial charge in [-0.2, -0.15) is 0 Å². The number of H-pyrrole nitrogens is 1. The maximum absolute atomic E-state index is 12.3. The van der Waals surface area contributed by atoms with Crippen LogP contribution >= 0.6 is 11.3 Å². The summed E-state index contributed by atoms with van der Waals surface area (Å²) < 4.78 is 0. The Labute approximate surface area is 129 Å². The third kappa shape index (κ3) is 3.18. The number of hydrogen-bond acceptors (Lipinski definition) is 3. The number of aryl methyl sites for hydroxylation is 1. The molecule has 0 unspecified atom stereocenters. The van der Waals surface area contributed by atoms with Crippen molar-refractivity contribution in [2.24, 2.45) is 5.92 Å². The van der Waals surface area contributed by atoms with Crippen LogP contribution in [0.2, 0.25) is 0 Å². The topological polar surface area (TPSA) is 57.8 Å². The minimum atomic E-state index is 0.0675. The van der Waals surface area contributed by atoms with Crippen molar-refractivity contribution in [1.29, 1.82) is 0 Å². The Hall–Kier alpha value is -1.62. The molecule has 1 amide bonds. The summed E-state index contributed by atoms with van der Waals surface area (Å²) >= 11 is 1.68. The summed E-state index contributed by atoms with van der Waals surface area (Å²) in [4.78, 5) is 21.5. The molecule has 1 aliphatic carbocycles. The van der Waals surface area contributed by atoms with E-state index in [0.29, 0.717) is 12.5 Å². The molecule has 5 heteroatoms. The van der Waals surface area contributed by atoms with Crippen molar-refractivity contribution in [2.45, 2.75) is 45.6 Å². The smallest absolute Gasteiger partial charge is 0.223 e. The van der Waals surface area contributed by atoms with Gasteiger partial charge >= 0.3 is 0 Å². The van der Waals surface area contributed by atoms with Gasteiger partial charge in [0.1, 0.15) is 5.82 Å². The number of nitrogens with one attached hydrogen (secondary N) is 2. The Kier molecular flexibility index (Phi) is 4.10. The zero-order chi connectivity index (χ0) is 14.8. The summed E-state index contributed by atoms with van der Waals surface area (Å²) in [7, 11) is 0. The Bertz CT molecular complexity index is 616. The van der Waals surface area contributed by atoms with E-state index in [1.807, 2.05) is 17.5 Å². The van der Waals surface area contributed by atoms with Crippen LogP contribution in [-0.2, 0) is 24.2 Å². The van der Waals surface area contributed by atoms with Gasteiger partial charge in [-0.15, -0.1) is 11.3 Å². The van der Waals surface area contributed by atoms with Crippen LogP contribution in [0.1, 0.15) is 48.3 Å². The predicted molar refractivity (Wildman–Crippen MR) is 84.4 cm³/mol. The first kappa shape index (κ1) is 14.3. The van der Waals surface area contributed by atoms with E-state index in [2.05, 4.69) is 29.1 Å². The second kappa shape index (κ2) is 6.02. The largest absolute Gasteiger partial charge is 0.351 e. The maximum atomic E-state index is 12.3. The number of amides is 1. The van der Waals surface area contributed by atoms with Crippen molar-refractivity contribution in [1.82, 2.24) is 15.3 Å². The average Bonchev–Trinajstić information content (AvgIpc) is 3.12. The highest BCUT2D eigenvalue weighted by atomic mass is 32.1. The van der Waals surface area contributed by atoms with Crippen molar-refractivity contribution in [3.8, 4) is 0 Å². The molecule has 2 heterocycles. The SMILES string of the molecule is CC(C)c1nc2c([nH]1)C[C@@H](C(=O)NCc1cccs1)CC2. The van der Waals surface area contributed by atoms with Crippen LogP contribution in [0, 0.1) is 5.92 Å². The van der Waals surface area contributed by atoms with Crippen LogP contribution < -0.4 is 5.32 Å². The van der Waals surface area contributed by atoms with Crippen LogP contribution in [0.5, 0.6) is 0 Å². The lowest BCUT2D eigenvalue weighted by Crippen LogP contribution is -2.33. The third-order valence-electron chi connectivity index (χ3n) is 4.00. The zero-order valence-electron chi connectivity index (χ0n) is 12.5. The van der Waals surface area contributed by atoms with E-state index in [9.17, 15) is 4.79 Å². The summed E-state index contributed by atoms with van der Waals surface area (Å²) in [5.41, 5.74) is 2.31. The molecule has 0 saturated carbocycles. The predicted octanol–water partition coefficient (Wildman–Crippen LogP) is 3.02. The number of aromatic amines is 1. The molecule has 4 nitrogen and oxygen atoms in total. The van der Waals surface area contributed by atoms with Gasteiger partial charge in [0.2, 0.25) is 5.91 Å². The van der Waals surface area contributed by atoms with Gasteiger partial charge < -0.3 is 10.3 Å². The molecule has 3 rings (SSSR count). The monoisotopic (exact) mass is 303 g/mol. The van der Waals surface area contributed by atoms with Crippen LogP contribution in [0.25, 0.3) is 0 Å². The van der Waals surface area contributed by atoms with Crippen molar-refractivity contribution in [3.05, 3.63) is 39.6 Å². The lowest BCUT2D eigenvalue weighted by Gasteiger charge is -2.20. The molecule has 0 aromatic carbocycles. The summed E-state index contributed by atoms with van der Waals surface area (Å²) in [6, 6.07) is 4.06. The summed E-state index contributed by atoms with van der Waals surface area (Å²) in [6.07, 6.45) is 2.58. The lowest BCUT2D eigenvalue weighted by atomic mass is 9.89. The molecule has 0 fully saturated rings. The number of carbonyl (C=O) groups excluding carboxylic acids is 1. The number of imidazole rings is 1. The first-order valence-electron chi connectivity index (χ1n) is 7.51. The molecule has 21 heavy (non-hydrogen) atoms. The summed E-state index contributed by atoms with van der Waals surface area (Å²) in [5, 5.41) is 5.09. The van der Waals surface area contributed by atoms with Gasteiger partial charge in [-0.3, -0.25) is 4.79 Å². The Morgan fingerprint density at radius 1 is 1.57 bits per heavy atom. The number of thiophene rings is 1. The van der Waals surface area contributed by atoms with Gasteiger partial charge in [0.05, 0.1) is 12.2 Å². The first-order valence-corrected chi connectivity index (χ1v) is 8.39. The average molecular weight is 303 g/mol. The highest BCUT2D eigenvalue weighted by molar-refractivity contribution is 7.09. The number of nitrogens with zero attached hydrogens (tertiary/aromatic N) is 1. The van der Waals surface area contributed by atoms with E-state index >= 15 is 0 Å². The van der Waals surface area contributed by atoms with E-state index in [1.165, 1.54) is 4.88 Å². The number of fused-ring (bicyclic) bond motifs is 1. The van der Waals surface area contributed by atoms with E-state index in [1.54, 1.807) is 11.3 Å². The molecule has 2 aromatic rings. The van der Waals surface area contributed by atoms with E-state index in [4.69, 9.17) is 0 Å². The normalized spacial score (nSPS) is 17.8. The van der Waals surface area contributed by atoms with Gasteiger partial charge in [-0.1, -0.05) is 19.9 Å². The van der Waals surface area contributed by atoms with Gasteiger partial charge in [0.15, 0.2) is 0 Å². The Morgan fingerprint density at radius 2 is 2.43 bits per heavy atom. The van der Waals surface area contributed by atoms with Gasteiger partial charge in [-0.05, 0) is 24.3 Å². The molecule has 112 valence electrons. The Balaban J connectivity index is 1.61. The van der Waals surface area contributed by atoms with E-state index in [0.717, 1.165) is 36.5 Å². The van der Waals surface area contributed by atoms with E-state index in [-0.39, 0.29) is 11.8 Å². The molecule has 0 radical (unpaired) electrons. The molecule has 2 aromatic heterocycles. The van der Waals surface area contributed by atoms with Crippen molar-refractivity contribution >= 4 is 17.2 Å². The van der Waals surface area contributed by atoms with Crippen molar-refractivity contribution in [3.63, 3.8) is 0 Å².